The largest absolute Gasteiger partial charge is 0.394 e. The van der Waals surface area contributed by atoms with Gasteiger partial charge in [0.15, 0.2) is 0 Å². The standard InChI is InChI=1S/C15H15N3O/c1-15(11-19,13-5-3-2-4-6-13)18-14-9-12(10-16)7-8-17-14/h2-9,19H,11H2,1H3,(H,17,18). The molecule has 1 atom stereocenters. The predicted molar refractivity (Wildman–Crippen MR) is 73.5 cm³/mol. The Labute approximate surface area is 112 Å². The van der Waals surface area contributed by atoms with Crippen LogP contribution in [0.5, 0.6) is 0 Å². The number of nitrogens with zero attached hydrogens (tertiary/aromatic N) is 2. The maximum atomic E-state index is 9.67. The average Bonchev–Trinajstić information content (AvgIpc) is 2.48. The summed E-state index contributed by atoms with van der Waals surface area (Å²) < 4.78 is 0. The van der Waals surface area contributed by atoms with E-state index in [1.165, 1.54) is 0 Å². The third kappa shape index (κ3) is 2.90. The number of pyridine rings is 1. The molecule has 2 aromatic rings. The summed E-state index contributed by atoms with van der Waals surface area (Å²) in [7, 11) is 0. The van der Waals surface area contributed by atoms with Gasteiger partial charge in [-0.25, -0.2) is 4.98 Å². The van der Waals surface area contributed by atoms with Crippen molar-refractivity contribution < 1.29 is 5.11 Å². The van der Waals surface area contributed by atoms with Crippen molar-refractivity contribution in [3.05, 3.63) is 59.8 Å². The van der Waals surface area contributed by atoms with Crippen molar-refractivity contribution in [3.63, 3.8) is 0 Å². The molecule has 0 amide bonds. The van der Waals surface area contributed by atoms with Gasteiger partial charge in [-0.2, -0.15) is 5.26 Å². The van der Waals surface area contributed by atoms with Crippen LogP contribution in [0.2, 0.25) is 0 Å². The van der Waals surface area contributed by atoms with Crippen molar-refractivity contribution in [1.82, 2.24) is 4.98 Å². The molecular formula is C15H15N3O. The molecule has 0 saturated heterocycles. The van der Waals surface area contributed by atoms with E-state index in [1.54, 1.807) is 18.3 Å². The molecule has 96 valence electrons. The Hall–Kier alpha value is -2.38. The van der Waals surface area contributed by atoms with Crippen LogP contribution in [0.3, 0.4) is 0 Å². The topological polar surface area (TPSA) is 68.9 Å². The average molecular weight is 253 g/mol. The van der Waals surface area contributed by atoms with E-state index >= 15 is 0 Å². The molecule has 1 unspecified atom stereocenters. The van der Waals surface area contributed by atoms with E-state index in [-0.39, 0.29) is 6.61 Å². The Morgan fingerprint density at radius 2 is 2.05 bits per heavy atom. The van der Waals surface area contributed by atoms with Gasteiger partial charge < -0.3 is 10.4 Å². The Morgan fingerprint density at radius 1 is 1.32 bits per heavy atom. The molecule has 1 heterocycles. The zero-order chi connectivity index (χ0) is 13.7. The molecular weight excluding hydrogens is 238 g/mol. The normalized spacial score (nSPS) is 13.3. The molecule has 1 aromatic heterocycles. The van der Waals surface area contributed by atoms with Crippen molar-refractivity contribution >= 4 is 5.82 Å². The van der Waals surface area contributed by atoms with Gasteiger partial charge in [-0.1, -0.05) is 30.3 Å². The number of benzene rings is 1. The highest BCUT2D eigenvalue weighted by Crippen LogP contribution is 2.24. The fourth-order valence-electron chi connectivity index (χ4n) is 1.86. The summed E-state index contributed by atoms with van der Waals surface area (Å²) >= 11 is 0. The van der Waals surface area contributed by atoms with Crippen LogP contribution < -0.4 is 5.32 Å². The molecule has 4 heteroatoms. The molecule has 0 aliphatic carbocycles. The highest BCUT2D eigenvalue weighted by molar-refractivity contribution is 5.46. The third-order valence-electron chi connectivity index (χ3n) is 3.02. The van der Waals surface area contributed by atoms with E-state index in [9.17, 15) is 5.11 Å². The lowest BCUT2D eigenvalue weighted by atomic mass is 9.93. The first kappa shape index (κ1) is 13.1. The first-order chi connectivity index (χ1) is 9.18. The second-order valence-electron chi connectivity index (χ2n) is 4.52. The first-order valence-corrected chi connectivity index (χ1v) is 5.99. The molecule has 0 fully saturated rings. The fourth-order valence-corrected chi connectivity index (χ4v) is 1.86. The lowest BCUT2D eigenvalue weighted by Crippen LogP contribution is -2.36. The predicted octanol–water partition coefficient (Wildman–Crippen LogP) is 2.27. The minimum atomic E-state index is -0.637. The van der Waals surface area contributed by atoms with E-state index in [2.05, 4.69) is 16.4 Å². The van der Waals surface area contributed by atoms with Crippen LogP contribution in [-0.2, 0) is 5.54 Å². The van der Waals surface area contributed by atoms with Crippen LogP contribution in [0, 0.1) is 11.3 Å². The minimum Gasteiger partial charge on any atom is -0.394 e. The van der Waals surface area contributed by atoms with Gasteiger partial charge >= 0.3 is 0 Å². The Balaban J connectivity index is 2.31. The van der Waals surface area contributed by atoms with Crippen LogP contribution in [0.15, 0.2) is 48.7 Å². The number of aromatic nitrogens is 1. The molecule has 0 aliphatic rings. The van der Waals surface area contributed by atoms with Crippen molar-refractivity contribution in [2.24, 2.45) is 0 Å². The molecule has 2 rings (SSSR count). The zero-order valence-electron chi connectivity index (χ0n) is 10.7. The van der Waals surface area contributed by atoms with Crippen LogP contribution >= 0.6 is 0 Å². The van der Waals surface area contributed by atoms with Gasteiger partial charge in [0.1, 0.15) is 5.82 Å². The number of hydrogen-bond acceptors (Lipinski definition) is 4. The molecule has 0 saturated carbocycles. The van der Waals surface area contributed by atoms with Gasteiger partial charge in [0, 0.05) is 6.20 Å². The second-order valence-corrected chi connectivity index (χ2v) is 4.52. The van der Waals surface area contributed by atoms with Crippen LogP contribution in [0.1, 0.15) is 18.1 Å². The maximum absolute atomic E-state index is 9.67. The van der Waals surface area contributed by atoms with Crippen molar-refractivity contribution in [1.29, 1.82) is 5.26 Å². The summed E-state index contributed by atoms with van der Waals surface area (Å²) in [6.07, 6.45) is 1.57. The number of rotatable bonds is 4. The molecule has 0 spiro atoms. The number of hydrogen-bond donors (Lipinski definition) is 2. The summed E-state index contributed by atoms with van der Waals surface area (Å²) in [6.45, 7) is 1.82. The lowest BCUT2D eigenvalue weighted by Gasteiger charge is -2.30. The Kier molecular flexibility index (Phi) is 3.79. The summed E-state index contributed by atoms with van der Waals surface area (Å²) in [5.74, 6) is 0.569. The quantitative estimate of drug-likeness (QED) is 0.877. The first-order valence-electron chi connectivity index (χ1n) is 5.99. The number of aliphatic hydroxyl groups excluding tert-OH is 1. The van der Waals surface area contributed by atoms with E-state index < -0.39 is 5.54 Å². The molecule has 1 aromatic carbocycles. The monoisotopic (exact) mass is 253 g/mol. The third-order valence-corrected chi connectivity index (χ3v) is 3.02. The molecule has 0 radical (unpaired) electrons. The lowest BCUT2D eigenvalue weighted by molar-refractivity contribution is 0.223. The van der Waals surface area contributed by atoms with Gasteiger partial charge in [-0.05, 0) is 24.6 Å². The smallest absolute Gasteiger partial charge is 0.127 e. The zero-order valence-corrected chi connectivity index (χ0v) is 10.7. The second kappa shape index (κ2) is 5.51. The van der Waals surface area contributed by atoms with Gasteiger partial charge in [0.2, 0.25) is 0 Å². The number of nitriles is 1. The summed E-state index contributed by atoms with van der Waals surface area (Å²) in [4.78, 5) is 4.17. The molecule has 2 N–H and O–H groups in total. The highest BCUT2D eigenvalue weighted by atomic mass is 16.3. The van der Waals surface area contributed by atoms with Gasteiger partial charge in [-0.15, -0.1) is 0 Å². The summed E-state index contributed by atoms with van der Waals surface area (Å²) in [5.41, 5.74) is 0.856. The number of anilines is 1. The van der Waals surface area contributed by atoms with Crippen molar-refractivity contribution in [2.75, 3.05) is 11.9 Å². The van der Waals surface area contributed by atoms with Crippen molar-refractivity contribution in [3.8, 4) is 6.07 Å². The molecule has 4 nitrogen and oxygen atoms in total. The minimum absolute atomic E-state index is 0.0739. The van der Waals surface area contributed by atoms with Gasteiger partial charge in [0.25, 0.3) is 0 Å². The Morgan fingerprint density at radius 3 is 2.68 bits per heavy atom. The fraction of sp³-hybridized carbons (Fsp3) is 0.200. The van der Waals surface area contributed by atoms with Crippen LogP contribution in [0.4, 0.5) is 5.82 Å². The van der Waals surface area contributed by atoms with Gasteiger partial charge in [0.05, 0.1) is 23.8 Å². The summed E-state index contributed by atoms with van der Waals surface area (Å²) in [6, 6.07) is 15.0. The number of aliphatic hydroxyl groups is 1. The molecule has 0 bridgehead atoms. The van der Waals surface area contributed by atoms with Crippen molar-refractivity contribution in [2.45, 2.75) is 12.5 Å². The maximum Gasteiger partial charge on any atom is 0.127 e. The van der Waals surface area contributed by atoms with E-state index in [0.717, 1.165) is 5.56 Å². The summed E-state index contributed by atoms with van der Waals surface area (Å²) in [5, 5.41) is 21.7. The van der Waals surface area contributed by atoms with Crippen LogP contribution in [-0.4, -0.2) is 16.7 Å². The number of nitrogens with one attached hydrogen (secondary N) is 1. The Bertz CT molecular complexity index is 592. The molecule has 0 aliphatic heterocycles. The van der Waals surface area contributed by atoms with E-state index in [0.29, 0.717) is 11.4 Å². The van der Waals surface area contributed by atoms with E-state index in [4.69, 9.17) is 5.26 Å². The van der Waals surface area contributed by atoms with E-state index in [1.807, 2.05) is 37.3 Å². The highest BCUT2D eigenvalue weighted by Gasteiger charge is 2.25. The van der Waals surface area contributed by atoms with Crippen LogP contribution in [0.25, 0.3) is 0 Å². The SMILES string of the molecule is CC(CO)(Nc1cc(C#N)ccn1)c1ccccc1. The molecule has 19 heavy (non-hydrogen) atoms. The van der Waals surface area contributed by atoms with Gasteiger partial charge in [-0.3, -0.25) is 0 Å².